The molecule has 1 aliphatic rings. The summed E-state index contributed by atoms with van der Waals surface area (Å²) in [6.45, 7) is 0.108. The topological polar surface area (TPSA) is 51.1 Å². The maximum atomic E-state index is 13.0. The largest absolute Gasteiger partial charge is 0.344 e. The van der Waals surface area contributed by atoms with Crippen LogP contribution in [0.1, 0.15) is 28.8 Å². The fraction of sp³-hybridized carbons (Fsp3) is 0.250. The van der Waals surface area contributed by atoms with Crippen LogP contribution in [0.3, 0.4) is 0 Å². The minimum Gasteiger partial charge on any atom is -0.344 e. The maximum Gasteiger partial charge on any atom is 0.244 e. The summed E-state index contributed by atoms with van der Waals surface area (Å²) >= 11 is 0. The molecule has 1 amide bonds. The van der Waals surface area contributed by atoms with Gasteiger partial charge in [-0.05, 0) is 36.6 Å². The average Bonchev–Trinajstić information content (AvgIpc) is 2.82. The van der Waals surface area contributed by atoms with Gasteiger partial charge in [0.1, 0.15) is 12.4 Å². The number of Topliss-reactive ketones (excluding diaryl/α,β-unsaturated/α-hetero) is 1. The van der Waals surface area contributed by atoms with Gasteiger partial charge in [0.15, 0.2) is 5.78 Å². The second kappa shape index (κ2) is 5.52. The molecule has 1 aromatic heterocycles. The van der Waals surface area contributed by atoms with Crippen LogP contribution in [0.4, 0.5) is 10.1 Å². The molecule has 21 heavy (non-hydrogen) atoms. The number of hydrogen-bond acceptors (Lipinski definition) is 2. The van der Waals surface area contributed by atoms with Gasteiger partial charge in [0.2, 0.25) is 5.91 Å². The Hall–Kier alpha value is -2.43. The van der Waals surface area contributed by atoms with Gasteiger partial charge < -0.3 is 9.88 Å². The Labute approximate surface area is 121 Å². The molecular formula is C16H15FN2O2. The second-order valence-corrected chi connectivity index (χ2v) is 5.20. The zero-order valence-corrected chi connectivity index (χ0v) is 11.4. The van der Waals surface area contributed by atoms with Gasteiger partial charge in [-0.25, -0.2) is 4.39 Å². The highest BCUT2D eigenvalue weighted by Crippen LogP contribution is 2.22. The zero-order chi connectivity index (χ0) is 14.8. The number of nitrogens with zero attached hydrogens (tertiary/aromatic N) is 1. The normalized spacial score (nSPS) is 13.9. The summed E-state index contributed by atoms with van der Waals surface area (Å²) in [5.41, 5.74) is 2.15. The van der Waals surface area contributed by atoms with Gasteiger partial charge in [0.25, 0.3) is 0 Å². The van der Waals surface area contributed by atoms with E-state index in [1.807, 2.05) is 6.20 Å². The first-order valence-electron chi connectivity index (χ1n) is 6.89. The summed E-state index contributed by atoms with van der Waals surface area (Å²) in [5.74, 6) is -0.504. The molecule has 4 nitrogen and oxygen atoms in total. The predicted octanol–water partition coefficient (Wildman–Crippen LogP) is 2.78. The lowest BCUT2D eigenvalue weighted by molar-refractivity contribution is -0.116. The van der Waals surface area contributed by atoms with E-state index in [1.165, 1.54) is 18.2 Å². The number of halogens is 1. The molecule has 1 aromatic carbocycles. The number of amides is 1. The lowest BCUT2D eigenvalue weighted by Gasteiger charge is -2.07. The summed E-state index contributed by atoms with van der Waals surface area (Å²) in [6, 6.07) is 5.76. The van der Waals surface area contributed by atoms with Crippen molar-refractivity contribution in [2.24, 2.45) is 0 Å². The highest BCUT2D eigenvalue weighted by atomic mass is 19.1. The van der Waals surface area contributed by atoms with Gasteiger partial charge in [0.05, 0.1) is 0 Å². The van der Waals surface area contributed by atoms with Crippen molar-refractivity contribution in [2.45, 2.75) is 25.8 Å². The number of rotatable bonds is 3. The molecule has 0 fully saturated rings. The van der Waals surface area contributed by atoms with Gasteiger partial charge in [-0.15, -0.1) is 0 Å². The second-order valence-electron chi connectivity index (χ2n) is 5.20. The molecule has 0 bridgehead atoms. The van der Waals surface area contributed by atoms with Crippen molar-refractivity contribution < 1.29 is 14.0 Å². The maximum absolute atomic E-state index is 13.0. The predicted molar refractivity (Wildman–Crippen MR) is 76.7 cm³/mol. The van der Waals surface area contributed by atoms with Crippen molar-refractivity contribution >= 4 is 17.4 Å². The van der Waals surface area contributed by atoms with Crippen LogP contribution in [-0.2, 0) is 17.8 Å². The highest BCUT2D eigenvalue weighted by Gasteiger charge is 2.19. The van der Waals surface area contributed by atoms with Gasteiger partial charge in [-0.1, -0.05) is 6.07 Å². The minimum absolute atomic E-state index is 0.108. The van der Waals surface area contributed by atoms with Crippen LogP contribution in [0.5, 0.6) is 0 Å². The third-order valence-corrected chi connectivity index (χ3v) is 3.55. The van der Waals surface area contributed by atoms with Gasteiger partial charge >= 0.3 is 0 Å². The van der Waals surface area contributed by atoms with E-state index in [1.54, 1.807) is 16.8 Å². The van der Waals surface area contributed by atoms with Crippen LogP contribution in [0.15, 0.2) is 36.7 Å². The molecule has 0 aliphatic heterocycles. The molecule has 1 aliphatic carbocycles. The van der Waals surface area contributed by atoms with E-state index in [0.717, 1.165) is 24.0 Å². The number of carbonyl (C=O) groups excluding carboxylic acids is 2. The van der Waals surface area contributed by atoms with Gasteiger partial charge in [0, 0.05) is 30.1 Å². The summed E-state index contributed by atoms with van der Waals surface area (Å²) in [4.78, 5) is 23.7. The van der Waals surface area contributed by atoms with Crippen molar-refractivity contribution in [3.63, 3.8) is 0 Å². The molecule has 0 saturated heterocycles. The number of ketones is 1. The summed E-state index contributed by atoms with van der Waals surface area (Å²) < 4.78 is 14.8. The first kappa shape index (κ1) is 13.5. The number of nitrogens with one attached hydrogen (secondary N) is 1. The Balaban J connectivity index is 1.69. The highest BCUT2D eigenvalue weighted by molar-refractivity contribution is 5.98. The van der Waals surface area contributed by atoms with E-state index < -0.39 is 5.82 Å². The molecule has 0 spiro atoms. The molecule has 1 N–H and O–H groups in total. The quantitative estimate of drug-likeness (QED) is 0.943. The summed E-state index contributed by atoms with van der Waals surface area (Å²) in [5, 5.41) is 2.64. The standard InChI is InChI=1S/C16H15FN2O2/c17-12-4-2-5-13(7-12)18-16(21)10-19-8-11-3-1-6-15(20)14(11)9-19/h2,4-5,7-9H,1,3,6,10H2,(H,18,21). The van der Waals surface area contributed by atoms with Crippen molar-refractivity contribution in [3.05, 3.63) is 53.6 Å². The van der Waals surface area contributed by atoms with Crippen molar-refractivity contribution in [1.82, 2.24) is 4.57 Å². The smallest absolute Gasteiger partial charge is 0.244 e. The first-order valence-corrected chi connectivity index (χ1v) is 6.89. The molecule has 5 heteroatoms. The molecule has 2 aromatic rings. The van der Waals surface area contributed by atoms with Gasteiger partial charge in [-0.2, -0.15) is 0 Å². The molecule has 3 rings (SSSR count). The van der Waals surface area contributed by atoms with Crippen molar-refractivity contribution in [3.8, 4) is 0 Å². The third-order valence-electron chi connectivity index (χ3n) is 3.55. The average molecular weight is 286 g/mol. The van der Waals surface area contributed by atoms with E-state index in [0.29, 0.717) is 12.1 Å². The third kappa shape index (κ3) is 3.02. The Bertz CT molecular complexity index is 706. The SMILES string of the molecule is O=C(Cn1cc2c(c1)C(=O)CCC2)Nc1cccc(F)c1. The first-order chi connectivity index (χ1) is 10.1. The van der Waals surface area contributed by atoms with Crippen LogP contribution < -0.4 is 5.32 Å². The zero-order valence-electron chi connectivity index (χ0n) is 11.4. The van der Waals surface area contributed by atoms with Crippen LogP contribution in [0.2, 0.25) is 0 Å². The monoisotopic (exact) mass is 286 g/mol. The van der Waals surface area contributed by atoms with E-state index in [-0.39, 0.29) is 18.2 Å². The Morgan fingerprint density at radius 1 is 1.29 bits per heavy atom. The van der Waals surface area contributed by atoms with E-state index in [9.17, 15) is 14.0 Å². The van der Waals surface area contributed by atoms with Crippen molar-refractivity contribution in [1.29, 1.82) is 0 Å². The molecule has 0 radical (unpaired) electrons. The Morgan fingerprint density at radius 3 is 2.90 bits per heavy atom. The van der Waals surface area contributed by atoms with Crippen molar-refractivity contribution in [2.75, 3.05) is 5.32 Å². The molecule has 0 saturated carbocycles. The Morgan fingerprint density at radius 2 is 2.14 bits per heavy atom. The van der Waals surface area contributed by atoms with Crippen LogP contribution >= 0.6 is 0 Å². The molecule has 0 unspecified atom stereocenters. The number of anilines is 1. The van der Waals surface area contributed by atoms with Crippen LogP contribution in [0.25, 0.3) is 0 Å². The number of aryl methyl sites for hydroxylation is 1. The molecule has 108 valence electrons. The van der Waals surface area contributed by atoms with Gasteiger partial charge in [-0.3, -0.25) is 9.59 Å². The number of fused-ring (bicyclic) bond motifs is 1. The van der Waals surface area contributed by atoms with E-state index in [4.69, 9.17) is 0 Å². The lowest BCUT2D eigenvalue weighted by atomic mass is 9.95. The summed E-state index contributed by atoms with van der Waals surface area (Å²) in [7, 11) is 0. The number of hydrogen-bond donors (Lipinski definition) is 1. The van der Waals surface area contributed by atoms with Crippen LogP contribution in [0, 0.1) is 5.82 Å². The van der Waals surface area contributed by atoms with Crippen LogP contribution in [-0.4, -0.2) is 16.3 Å². The Kier molecular flexibility index (Phi) is 3.56. The summed E-state index contributed by atoms with van der Waals surface area (Å²) in [6.07, 6.45) is 5.89. The fourth-order valence-corrected chi connectivity index (χ4v) is 2.60. The number of benzene rings is 1. The number of aromatic nitrogens is 1. The fourth-order valence-electron chi connectivity index (χ4n) is 2.60. The lowest BCUT2D eigenvalue weighted by Crippen LogP contribution is -2.17. The molecule has 1 heterocycles. The van der Waals surface area contributed by atoms with E-state index in [2.05, 4.69) is 5.32 Å². The minimum atomic E-state index is -0.394. The molecular weight excluding hydrogens is 271 g/mol. The molecule has 0 atom stereocenters. The number of carbonyl (C=O) groups is 2. The van der Waals surface area contributed by atoms with E-state index >= 15 is 0 Å².